The maximum absolute atomic E-state index is 12.7. The molecule has 1 aromatic rings. The molecule has 0 aromatic heterocycles. The molecule has 24 heavy (non-hydrogen) atoms. The lowest BCUT2D eigenvalue weighted by atomic mass is 9.83. The molecule has 3 amide bonds. The number of benzene rings is 1. The molecule has 0 spiro atoms. The molecule has 0 radical (unpaired) electrons. The van der Waals surface area contributed by atoms with Crippen molar-refractivity contribution < 1.29 is 9.59 Å². The van der Waals surface area contributed by atoms with Gasteiger partial charge < -0.3 is 15.5 Å². The standard InChI is InChI=1S/C19H27N3O2/c1-20-18(23)15-9-11-16(12-10-15)21-19(24)22-13-5-8-17(22)14-6-3-2-4-7-14/h9-12,14,17H,2-8,13H2,1H3,(H,20,23)(H,21,24). The maximum atomic E-state index is 12.7. The van der Waals surface area contributed by atoms with Crippen LogP contribution in [-0.4, -0.2) is 36.5 Å². The summed E-state index contributed by atoms with van der Waals surface area (Å²) in [4.78, 5) is 26.3. The largest absolute Gasteiger partial charge is 0.355 e. The summed E-state index contributed by atoms with van der Waals surface area (Å²) in [5.74, 6) is 0.549. The molecule has 5 heteroatoms. The Morgan fingerprint density at radius 1 is 1.00 bits per heavy atom. The lowest BCUT2D eigenvalue weighted by molar-refractivity contribution is 0.0963. The predicted octanol–water partition coefficient (Wildman–Crippen LogP) is 3.62. The molecule has 1 atom stereocenters. The fourth-order valence-electron chi connectivity index (χ4n) is 4.10. The number of urea groups is 1. The van der Waals surface area contributed by atoms with Gasteiger partial charge in [0.2, 0.25) is 0 Å². The summed E-state index contributed by atoms with van der Waals surface area (Å²) in [5, 5.41) is 5.59. The number of hydrogen-bond acceptors (Lipinski definition) is 2. The minimum absolute atomic E-state index is 0.00392. The number of carbonyl (C=O) groups excluding carboxylic acids is 2. The van der Waals surface area contributed by atoms with Crippen LogP contribution in [0.2, 0.25) is 0 Å². The second kappa shape index (κ2) is 7.69. The van der Waals surface area contributed by atoms with Gasteiger partial charge in [-0.3, -0.25) is 4.79 Å². The van der Waals surface area contributed by atoms with Gasteiger partial charge in [0.15, 0.2) is 0 Å². The first-order valence-corrected chi connectivity index (χ1v) is 9.09. The van der Waals surface area contributed by atoms with Crippen LogP contribution in [0.5, 0.6) is 0 Å². The average molecular weight is 329 g/mol. The fraction of sp³-hybridized carbons (Fsp3) is 0.579. The Hall–Kier alpha value is -2.04. The van der Waals surface area contributed by atoms with Gasteiger partial charge in [-0.15, -0.1) is 0 Å². The van der Waals surface area contributed by atoms with Crippen LogP contribution in [0.4, 0.5) is 10.5 Å². The van der Waals surface area contributed by atoms with E-state index in [-0.39, 0.29) is 11.9 Å². The van der Waals surface area contributed by atoms with Crippen LogP contribution in [0, 0.1) is 5.92 Å². The molecule has 1 unspecified atom stereocenters. The van der Waals surface area contributed by atoms with Crippen molar-refractivity contribution in [3.8, 4) is 0 Å². The summed E-state index contributed by atoms with van der Waals surface area (Å²) in [6.07, 6.45) is 8.70. The SMILES string of the molecule is CNC(=O)c1ccc(NC(=O)N2CCCC2C2CCCCC2)cc1. The van der Waals surface area contributed by atoms with Crippen molar-refractivity contribution in [3.63, 3.8) is 0 Å². The molecular formula is C19H27N3O2. The minimum atomic E-state index is -0.121. The minimum Gasteiger partial charge on any atom is -0.355 e. The van der Waals surface area contributed by atoms with E-state index in [1.807, 2.05) is 4.90 Å². The second-order valence-corrected chi connectivity index (χ2v) is 6.89. The lowest BCUT2D eigenvalue weighted by Gasteiger charge is -2.34. The van der Waals surface area contributed by atoms with Crippen LogP contribution < -0.4 is 10.6 Å². The van der Waals surface area contributed by atoms with Gasteiger partial charge in [0.1, 0.15) is 0 Å². The summed E-state index contributed by atoms with van der Waals surface area (Å²) < 4.78 is 0. The highest BCUT2D eigenvalue weighted by Crippen LogP contribution is 2.34. The van der Waals surface area contributed by atoms with Crippen LogP contribution in [0.3, 0.4) is 0 Å². The third kappa shape index (κ3) is 3.71. The highest BCUT2D eigenvalue weighted by atomic mass is 16.2. The molecule has 1 aromatic carbocycles. The van der Waals surface area contributed by atoms with E-state index in [0.717, 1.165) is 25.1 Å². The highest BCUT2D eigenvalue weighted by Gasteiger charge is 2.35. The van der Waals surface area contributed by atoms with E-state index in [9.17, 15) is 9.59 Å². The fourth-order valence-corrected chi connectivity index (χ4v) is 4.10. The van der Waals surface area contributed by atoms with Crippen molar-refractivity contribution in [1.29, 1.82) is 0 Å². The summed E-state index contributed by atoms with van der Waals surface area (Å²) in [6, 6.07) is 7.43. The van der Waals surface area contributed by atoms with Crippen LogP contribution in [0.1, 0.15) is 55.3 Å². The molecule has 1 saturated carbocycles. The zero-order valence-corrected chi connectivity index (χ0v) is 14.4. The molecule has 1 aliphatic carbocycles. The van der Waals surface area contributed by atoms with Gasteiger partial charge in [-0.05, 0) is 55.9 Å². The van der Waals surface area contributed by atoms with Gasteiger partial charge in [0.05, 0.1) is 0 Å². The Morgan fingerprint density at radius 3 is 2.38 bits per heavy atom. The van der Waals surface area contributed by atoms with Crippen molar-refractivity contribution in [2.75, 3.05) is 18.9 Å². The van der Waals surface area contributed by atoms with Gasteiger partial charge in [-0.1, -0.05) is 19.3 Å². The Morgan fingerprint density at radius 2 is 1.71 bits per heavy atom. The molecule has 3 rings (SSSR count). The van der Waals surface area contributed by atoms with Gasteiger partial charge in [-0.25, -0.2) is 4.79 Å². The van der Waals surface area contributed by atoms with Gasteiger partial charge in [0, 0.05) is 30.9 Å². The quantitative estimate of drug-likeness (QED) is 0.889. The van der Waals surface area contributed by atoms with E-state index in [4.69, 9.17) is 0 Å². The van der Waals surface area contributed by atoms with E-state index in [2.05, 4.69) is 10.6 Å². The zero-order valence-electron chi connectivity index (χ0n) is 14.4. The molecule has 2 aliphatic rings. The first-order valence-electron chi connectivity index (χ1n) is 9.09. The van der Waals surface area contributed by atoms with Crippen molar-refractivity contribution in [3.05, 3.63) is 29.8 Å². The number of nitrogens with one attached hydrogen (secondary N) is 2. The predicted molar refractivity (Wildman–Crippen MR) is 95.2 cm³/mol. The highest BCUT2D eigenvalue weighted by molar-refractivity contribution is 5.95. The molecule has 5 nitrogen and oxygen atoms in total. The van der Waals surface area contributed by atoms with Gasteiger partial charge in [-0.2, -0.15) is 0 Å². The zero-order chi connectivity index (χ0) is 16.9. The summed E-state index contributed by atoms with van der Waals surface area (Å²) >= 11 is 0. The van der Waals surface area contributed by atoms with Crippen molar-refractivity contribution in [1.82, 2.24) is 10.2 Å². The van der Waals surface area contributed by atoms with E-state index in [1.54, 1.807) is 31.3 Å². The second-order valence-electron chi connectivity index (χ2n) is 6.89. The normalized spacial score (nSPS) is 21.5. The first kappa shape index (κ1) is 16.8. The molecule has 1 aliphatic heterocycles. The molecule has 2 fully saturated rings. The summed E-state index contributed by atoms with van der Waals surface area (Å²) in [7, 11) is 1.61. The Labute approximate surface area is 143 Å². The molecule has 2 N–H and O–H groups in total. The van der Waals surface area contributed by atoms with Crippen LogP contribution >= 0.6 is 0 Å². The third-order valence-corrected chi connectivity index (χ3v) is 5.38. The molecule has 0 bridgehead atoms. The number of rotatable bonds is 3. The number of anilines is 1. The van der Waals surface area contributed by atoms with E-state index >= 15 is 0 Å². The number of nitrogens with zero attached hydrogens (tertiary/aromatic N) is 1. The summed E-state index contributed by atoms with van der Waals surface area (Å²) in [6.45, 7) is 0.851. The molecule has 1 saturated heterocycles. The summed E-state index contributed by atoms with van der Waals surface area (Å²) in [5.41, 5.74) is 1.33. The Kier molecular flexibility index (Phi) is 5.38. The van der Waals surface area contributed by atoms with Crippen LogP contribution in [-0.2, 0) is 0 Å². The molecular weight excluding hydrogens is 302 g/mol. The lowest BCUT2D eigenvalue weighted by Crippen LogP contribution is -2.43. The number of carbonyl (C=O) groups is 2. The van der Waals surface area contributed by atoms with Crippen LogP contribution in [0.25, 0.3) is 0 Å². The van der Waals surface area contributed by atoms with Gasteiger partial charge in [0.25, 0.3) is 5.91 Å². The smallest absolute Gasteiger partial charge is 0.322 e. The van der Waals surface area contributed by atoms with E-state index < -0.39 is 0 Å². The van der Waals surface area contributed by atoms with Crippen LogP contribution in [0.15, 0.2) is 24.3 Å². The Balaban J connectivity index is 1.62. The van der Waals surface area contributed by atoms with Crippen molar-refractivity contribution in [2.45, 2.75) is 51.0 Å². The third-order valence-electron chi connectivity index (χ3n) is 5.38. The average Bonchev–Trinajstić information content (AvgIpc) is 3.12. The number of amides is 3. The molecule has 130 valence electrons. The maximum Gasteiger partial charge on any atom is 0.322 e. The first-order chi connectivity index (χ1) is 11.7. The monoisotopic (exact) mass is 329 g/mol. The van der Waals surface area contributed by atoms with E-state index in [1.165, 1.54) is 32.1 Å². The van der Waals surface area contributed by atoms with Gasteiger partial charge >= 0.3 is 6.03 Å². The number of hydrogen-bond donors (Lipinski definition) is 2. The van der Waals surface area contributed by atoms with Crippen molar-refractivity contribution in [2.24, 2.45) is 5.92 Å². The topological polar surface area (TPSA) is 61.4 Å². The number of likely N-dealkylation sites (tertiary alicyclic amines) is 1. The Bertz CT molecular complexity index is 579. The molecule has 1 heterocycles. The van der Waals surface area contributed by atoms with Crippen molar-refractivity contribution >= 4 is 17.6 Å². The van der Waals surface area contributed by atoms with E-state index in [0.29, 0.717) is 17.5 Å².